The van der Waals surface area contributed by atoms with Crippen molar-refractivity contribution < 1.29 is 14.7 Å². The molecule has 1 aliphatic carbocycles. The largest absolute Gasteiger partial charge is 0.480 e. The van der Waals surface area contributed by atoms with Crippen molar-refractivity contribution in [1.29, 1.82) is 0 Å². The highest BCUT2D eigenvalue weighted by Gasteiger charge is 2.25. The summed E-state index contributed by atoms with van der Waals surface area (Å²) in [6, 6.07) is -1.03. The number of aliphatic carboxylic acids is 1. The van der Waals surface area contributed by atoms with Crippen molar-refractivity contribution in [2.24, 2.45) is 5.92 Å². The number of carboxylic acid groups (broad SMARTS) is 1. The average Bonchev–Trinajstić information content (AvgIpc) is 2.15. The maximum absolute atomic E-state index is 11.6. The second-order valence-electron chi connectivity index (χ2n) is 4.36. The molecule has 1 fully saturated rings. The highest BCUT2D eigenvalue weighted by atomic mass is 16.4. The standard InChI is InChI=1S/C11H20N2O3/c1-3-9(10(14)15)13(2)11(16)12-7-8-5-4-6-8/h8-9H,3-7H2,1-2H3,(H,12,16)(H,14,15). The highest BCUT2D eigenvalue weighted by molar-refractivity contribution is 5.82. The minimum atomic E-state index is -0.955. The number of nitrogens with one attached hydrogen (secondary N) is 1. The first-order valence-electron chi connectivity index (χ1n) is 5.79. The van der Waals surface area contributed by atoms with E-state index in [0.717, 1.165) is 0 Å². The molecular weight excluding hydrogens is 208 g/mol. The lowest BCUT2D eigenvalue weighted by Gasteiger charge is -2.28. The van der Waals surface area contributed by atoms with E-state index in [1.165, 1.54) is 31.2 Å². The van der Waals surface area contributed by atoms with E-state index in [1.807, 2.05) is 0 Å². The summed E-state index contributed by atoms with van der Waals surface area (Å²) in [5.41, 5.74) is 0. The first-order chi connectivity index (χ1) is 7.56. The van der Waals surface area contributed by atoms with Gasteiger partial charge in [-0.2, -0.15) is 0 Å². The molecule has 0 bridgehead atoms. The van der Waals surface area contributed by atoms with E-state index in [2.05, 4.69) is 5.32 Å². The fourth-order valence-electron chi connectivity index (χ4n) is 1.81. The zero-order valence-corrected chi connectivity index (χ0v) is 9.90. The number of rotatable bonds is 5. The van der Waals surface area contributed by atoms with Crippen LogP contribution >= 0.6 is 0 Å². The first kappa shape index (κ1) is 12.8. The second-order valence-corrected chi connectivity index (χ2v) is 4.36. The lowest BCUT2D eigenvalue weighted by atomic mass is 9.85. The third-order valence-electron chi connectivity index (χ3n) is 3.23. The van der Waals surface area contributed by atoms with Gasteiger partial charge in [0.2, 0.25) is 0 Å². The fourth-order valence-corrected chi connectivity index (χ4v) is 1.81. The van der Waals surface area contributed by atoms with Crippen molar-refractivity contribution in [3.8, 4) is 0 Å². The molecule has 0 saturated heterocycles. The van der Waals surface area contributed by atoms with E-state index >= 15 is 0 Å². The van der Waals surface area contributed by atoms with E-state index in [4.69, 9.17) is 5.11 Å². The molecule has 92 valence electrons. The summed E-state index contributed by atoms with van der Waals surface area (Å²) in [6.45, 7) is 2.42. The molecule has 5 nitrogen and oxygen atoms in total. The Bertz CT molecular complexity index is 264. The first-order valence-corrected chi connectivity index (χ1v) is 5.79. The lowest BCUT2D eigenvalue weighted by molar-refractivity contribution is -0.141. The zero-order valence-electron chi connectivity index (χ0n) is 9.90. The van der Waals surface area contributed by atoms with E-state index in [-0.39, 0.29) is 6.03 Å². The molecule has 2 amide bonds. The number of carbonyl (C=O) groups excluding carboxylic acids is 1. The van der Waals surface area contributed by atoms with Crippen LogP contribution in [0.5, 0.6) is 0 Å². The van der Waals surface area contributed by atoms with E-state index in [0.29, 0.717) is 18.9 Å². The van der Waals surface area contributed by atoms with Gasteiger partial charge >= 0.3 is 12.0 Å². The summed E-state index contributed by atoms with van der Waals surface area (Å²) in [5.74, 6) is -0.369. The summed E-state index contributed by atoms with van der Waals surface area (Å²) in [6.07, 6.45) is 3.99. The zero-order chi connectivity index (χ0) is 12.1. The normalized spacial score (nSPS) is 17.4. The average molecular weight is 228 g/mol. The molecule has 0 aromatic carbocycles. The van der Waals surface area contributed by atoms with Gasteiger partial charge in [0.1, 0.15) is 6.04 Å². The lowest BCUT2D eigenvalue weighted by Crippen LogP contribution is -2.48. The van der Waals surface area contributed by atoms with Crippen LogP contribution in [0.4, 0.5) is 4.79 Å². The maximum atomic E-state index is 11.6. The van der Waals surface area contributed by atoms with Crippen molar-refractivity contribution in [3.63, 3.8) is 0 Å². The Kier molecular flexibility index (Phi) is 4.58. The molecule has 0 heterocycles. The number of hydrogen-bond acceptors (Lipinski definition) is 2. The molecule has 0 aliphatic heterocycles. The number of hydrogen-bond donors (Lipinski definition) is 2. The van der Waals surface area contributed by atoms with E-state index in [1.54, 1.807) is 6.92 Å². The van der Waals surface area contributed by atoms with Crippen molar-refractivity contribution in [1.82, 2.24) is 10.2 Å². The summed E-state index contributed by atoms with van der Waals surface area (Å²) in [4.78, 5) is 23.8. The molecule has 16 heavy (non-hydrogen) atoms. The Labute approximate surface area is 95.8 Å². The molecule has 0 radical (unpaired) electrons. The molecule has 0 aromatic heterocycles. The van der Waals surface area contributed by atoms with Crippen LogP contribution in [0.1, 0.15) is 32.6 Å². The number of urea groups is 1. The Morgan fingerprint density at radius 2 is 2.12 bits per heavy atom. The molecule has 0 aromatic rings. The molecule has 1 atom stereocenters. The molecule has 5 heteroatoms. The Morgan fingerprint density at radius 3 is 2.50 bits per heavy atom. The molecule has 1 rings (SSSR count). The maximum Gasteiger partial charge on any atom is 0.326 e. The predicted molar refractivity (Wildman–Crippen MR) is 60.2 cm³/mol. The summed E-state index contributed by atoms with van der Waals surface area (Å²) in [5, 5.41) is 11.7. The van der Waals surface area contributed by atoms with Gasteiger partial charge in [0.15, 0.2) is 0 Å². The predicted octanol–water partition coefficient (Wildman–Crippen LogP) is 1.29. The number of amides is 2. The minimum Gasteiger partial charge on any atom is -0.480 e. The van der Waals surface area contributed by atoms with Crippen LogP contribution < -0.4 is 5.32 Å². The SMILES string of the molecule is CCC(C(=O)O)N(C)C(=O)NCC1CCC1. The molecule has 1 unspecified atom stereocenters. The third kappa shape index (κ3) is 3.12. The van der Waals surface area contributed by atoms with Crippen molar-refractivity contribution >= 4 is 12.0 Å². The molecule has 0 spiro atoms. The Hall–Kier alpha value is -1.26. The van der Waals surface area contributed by atoms with Crippen molar-refractivity contribution in [2.75, 3.05) is 13.6 Å². The van der Waals surface area contributed by atoms with Gasteiger partial charge in [0.05, 0.1) is 0 Å². The van der Waals surface area contributed by atoms with Crippen LogP contribution in [-0.2, 0) is 4.79 Å². The molecule has 1 aliphatic rings. The van der Waals surface area contributed by atoms with Crippen LogP contribution in [0.25, 0.3) is 0 Å². The van der Waals surface area contributed by atoms with Crippen LogP contribution in [-0.4, -0.2) is 41.6 Å². The smallest absolute Gasteiger partial charge is 0.326 e. The monoisotopic (exact) mass is 228 g/mol. The highest BCUT2D eigenvalue weighted by Crippen LogP contribution is 2.25. The van der Waals surface area contributed by atoms with Gasteiger partial charge < -0.3 is 15.3 Å². The van der Waals surface area contributed by atoms with E-state index in [9.17, 15) is 9.59 Å². The summed E-state index contributed by atoms with van der Waals surface area (Å²) >= 11 is 0. The minimum absolute atomic E-state index is 0.291. The van der Waals surface area contributed by atoms with Gasteiger partial charge in [0, 0.05) is 13.6 Å². The van der Waals surface area contributed by atoms with Gasteiger partial charge in [-0.05, 0) is 25.2 Å². The fraction of sp³-hybridized carbons (Fsp3) is 0.818. The van der Waals surface area contributed by atoms with Gasteiger partial charge in [-0.1, -0.05) is 13.3 Å². The third-order valence-corrected chi connectivity index (χ3v) is 3.23. The second kappa shape index (κ2) is 5.72. The topological polar surface area (TPSA) is 69.6 Å². The van der Waals surface area contributed by atoms with Gasteiger partial charge in [0.25, 0.3) is 0 Å². The van der Waals surface area contributed by atoms with E-state index < -0.39 is 12.0 Å². The number of carbonyl (C=O) groups is 2. The number of nitrogens with zero attached hydrogens (tertiary/aromatic N) is 1. The van der Waals surface area contributed by atoms with Crippen LogP contribution in [0, 0.1) is 5.92 Å². The molecular formula is C11H20N2O3. The molecule has 2 N–H and O–H groups in total. The van der Waals surface area contributed by atoms with Crippen molar-refractivity contribution in [3.05, 3.63) is 0 Å². The molecule has 1 saturated carbocycles. The number of carboxylic acids is 1. The quantitative estimate of drug-likeness (QED) is 0.745. The van der Waals surface area contributed by atoms with Gasteiger partial charge in [-0.15, -0.1) is 0 Å². The Morgan fingerprint density at radius 1 is 1.50 bits per heavy atom. The summed E-state index contributed by atoms with van der Waals surface area (Å²) < 4.78 is 0. The summed E-state index contributed by atoms with van der Waals surface area (Å²) in [7, 11) is 1.53. The Balaban J connectivity index is 2.35. The number of likely N-dealkylation sites (N-methyl/N-ethyl adjacent to an activating group) is 1. The van der Waals surface area contributed by atoms with Crippen LogP contribution in [0.3, 0.4) is 0 Å². The van der Waals surface area contributed by atoms with Gasteiger partial charge in [-0.3, -0.25) is 0 Å². The van der Waals surface area contributed by atoms with Crippen molar-refractivity contribution in [2.45, 2.75) is 38.6 Å². The van der Waals surface area contributed by atoms with Crippen LogP contribution in [0.2, 0.25) is 0 Å². The van der Waals surface area contributed by atoms with Gasteiger partial charge in [-0.25, -0.2) is 9.59 Å². The van der Waals surface area contributed by atoms with Crippen LogP contribution in [0.15, 0.2) is 0 Å².